The van der Waals surface area contributed by atoms with E-state index in [-0.39, 0.29) is 5.60 Å². The Balaban J connectivity index is 2.27. The molecule has 2 rings (SSSR count). The molecule has 16 heavy (non-hydrogen) atoms. The van der Waals surface area contributed by atoms with Crippen molar-refractivity contribution in [1.29, 1.82) is 0 Å². The fourth-order valence-corrected chi connectivity index (χ4v) is 2.13. The number of ether oxygens (including phenoxy) is 1. The molecule has 1 aliphatic heterocycles. The molecule has 0 N–H and O–H groups in total. The van der Waals surface area contributed by atoms with Gasteiger partial charge < -0.3 is 4.74 Å². The number of hydrogen-bond acceptors (Lipinski definition) is 2. The van der Waals surface area contributed by atoms with Gasteiger partial charge in [0.05, 0.1) is 6.54 Å². The lowest BCUT2D eigenvalue weighted by atomic mass is 9.93. The van der Waals surface area contributed by atoms with Crippen molar-refractivity contribution in [2.75, 3.05) is 6.54 Å². The van der Waals surface area contributed by atoms with Crippen molar-refractivity contribution in [2.24, 2.45) is 4.99 Å². The van der Waals surface area contributed by atoms with Gasteiger partial charge >= 0.3 is 0 Å². The average Bonchev–Trinajstić information content (AvgIpc) is 2.39. The lowest BCUT2D eigenvalue weighted by Crippen LogP contribution is -2.27. The molecule has 0 saturated heterocycles. The van der Waals surface area contributed by atoms with Gasteiger partial charge in [0.25, 0.3) is 0 Å². The number of aliphatic imine (C=N–C) groups is 1. The molecule has 86 valence electrons. The fourth-order valence-electron chi connectivity index (χ4n) is 2.13. The van der Waals surface area contributed by atoms with Crippen LogP contribution in [-0.2, 0) is 4.74 Å². The summed E-state index contributed by atoms with van der Waals surface area (Å²) >= 11 is 0. The van der Waals surface area contributed by atoms with E-state index in [2.05, 4.69) is 43.8 Å². The van der Waals surface area contributed by atoms with Gasteiger partial charge in [0.1, 0.15) is 11.4 Å². The van der Waals surface area contributed by atoms with Crippen molar-refractivity contribution >= 4 is 6.72 Å². The third-order valence-electron chi connectivity index (χ3n) is 3.04. The molecule has 0 aromatic rings. The average molecular weight is 217 g/mol. The molecule has 0 aromatic heterocycles. The highest BCUT2D eigenvalue weighted by Gasteiger charge is 2.27. The van der Waals surface area contributed by atoms with Crippen molar-refractivity contribution in [3.8, 4) is 0 Å². The van der Waals surface area contributed by atoms with Crippen molar-refractivity contribution in [3.05, 3.63) is 35.1 Å². The van der Waals surface area contributed by atoms with E-state index in [0.29, 0.717) is 0 Å². The Morgan fingerprint density at radius 3 is 3.06 bits per heavy atom. The zero-order valence-corrected chi connectivity index (χ0v) is 10.1. The summed E-state index contributed by atoms with van der Waals surface area (Å²) in [6.07, 6.45) is 9.61. The second kappa shape index (κ2) is 4.28. The Morgan fingerprint density at radius 1 is 1.50 bits per heavy atom. The van der Waals surface area contributed by atoms with Gasteiger partial charge in [-0.25, -0.2) is 0 Å². The van der Waals surface area contributed by atoms with Crippen LogP contribution in [0.1, 0.15) is 33.1 Å². The van der Waals surface area contributed by atoms with E-state index in [4.69, 9.17) is 4.74 Å². The first-order chi connectivity index (χ1) is 7.61. The Labute approximate surface area is 97.4 Å². The first-order valence-corrected chi connectivity index (χ1v) is 5.81. The smallest absolute Gasteiger partial charge is 0.122 e. The van der Waals surface area contributed by atoms with E-state index in [0.717, 1.165) is 31.6 Å². The van der Waals surface area contributed by atoms with Gasteiger partial charge in [-0.2, -0.15) is 0 Å². The molecule has 0 atom stereocenters. The molecule has 0 aromatic carbocycles. The van der Waals surface area contributed by atoms with E-state index in [1.54, 1.807) is 0 Å². The van der Waals surface area contributed by atoms with Crippen LogP contribution >= 0.6 is 0 Å². The summed E-state index contributed by atoms with van der Waals surface area (Å²) < 4.78 is 5.99. The summed E-state index contributed by atoms with van der Waals surface area (Å²) in [6, 6.07) is 0. The molecule has 2 nitrogen and oxygen atoms in total. The van der Waals surface area contributed by atoms with Crippen LogP contribution in [0.4, 0.5) is 0 Å². The highest BCUT2D eigenvalue weighted by atomic mass is 16.5. The summed E-state index contributed by atoms with van der Waals surface area (Å²) in [5.74, 6) is 1.04. The summed E-state index contributed by atoms with van der Waals surface area (Å²) in [5, 5.41) is 0. The summed E-state index contributed by atoms with van der Waals surface area (Å²) in [6.45, 7) is 8.57. The molecule has 1 heterocycles. The van der Waals surface area contributed by atoms with Crippen molar-refractivity contribution in [2.45, 2.75) is 38.7 Å². The largest absolute Gasteiger partial charge is 0.488 e. The summed E-state index contributed by atoms with van der Waals surface area (Å²) in [5.41, 5.74) is 2.60. The maximum atomic E-state index is 5.99. The van der Waals surface area contributed by atoms with E-state index in [1.165, 1.54) is 11.1 Å². The van der Waals surface area contributed by atoms with E-state index < -0.39 is 0 Å². The predicted molar refractivity (Wildman–Crippen MR) is 67.7 cm³/mol. The highest BCUT2D eigenvalue weighted by Crippen LogP contribution is 2.34. The zero-order chi connectivity index (χ0) is 11.6. The summed E-state index contributed by atoms with van der Waals surface area (Å²) in [7, 11) is 0. The van der Waals surface area contributed by atoms with E-state index in [1.807, 2.05) is 0 Å². The molecule has 0 bridgehead atoms. The molecule has 2 aliphatic rings. The molecule has 0 radical (unpaired) electrons. The van der Waals surface area contributed by atoms with Gasteiger partial charge in [-0.1, -0.05) is 12.2 Å². The number of nitrogens with zero attached hydrogens (tertiary/aromatic N) is 1. The zero-order valence-electron chi connectivity index (χ0n) is 10.1. The third-order valence-corrected chi connectivity index (χ3v) is 3.04. The monoisotopic (exact) mass is 217 g/mol. The van der Waals surface area contributed by atoms with Gasteiger partial charge in [-0.3, -0.25) is 4.99 Å². The third kappa shape index (κ3) is 2.43. The van der Waals surface area contributed by atoms with Gasteiger partial charge in [0.2, 0.25) is 0 Å². The standard InChI is InChI=1S/C14H19NO/c1-14(2)8-7-12-9-11(10-15-3)5-4-6-13(12)16-14/h4,6,9H,3,5,7-8,10H2,1-2H3. The maximum Gasteiger partial charge on any atom is 0.122 e. The predicted octanol–water partition coefficient (Wildman–Crippen LogP) is 3.42. The lowest BCUT2D eigenvalue weighted by molar-refractivity contribution is 0.0211. The van der Waals surface area contributed by atoms with Crippen LogP contribution < -0.4 is 0 Å². The molecule has 1 aliphatic carbocycles. The van der Waals surface area contributed by atoms with Crippen molar-refractivity contribution < 1.29 is 4.74 Å². The van der Waals surface area contributed by atoms with Gasteiger partial charge in [-0.15, -0.1) is 0 Å². The molecule has 0 unspecified atom stereocenters. The van der Waals surface area contributed by atoms with Crippen LogP contribution in [0, 0.1) is 0 Å². The second-order valence-corrected chi connectivity index (χ2v) is 5.04. The van der Waals surface area contributed by atoms with Crippen LogP contribution in [0.15, 0.2) is 40.1 Å². The normalized spacial score (nSPS) is 23.0. The molecule has 2 heteroatoms. The molecule has 0 saturated carbocycles. The van der Waals surface area contributed by atoms with Crippen molar-refractivity contribution in [3.63, 3.8) is 0 Å². The minimum absolute atomic E-state index is 0.0296. The maximum absolute atomic E-state index is 5.99. The van der Waals surface area contributed by atoms with Crippen LogP contribution in [-0.4, -0.2) is 18.9 Å². The first-order valence-electron chi connectivity index (χ1n) is 5.81. The lowest BCUT2D eigenvalue weighted by Gasteiger charge is -2.32. The highest BCUT2D eigenvalue weighted by molar-refractivity contribution is 5.38. The number of hydrogen-bond donors (Lipinski definition) is 0. The van der Waals surface area contributed by atoms with Gasteiger partial charge in [0.15, 0.2) is 0 Å². The van der Waals surface area contributed by atoms with Gasteiger partial charge in [-0.05, 0) is 57.0 Å². The molecular weight excluding hydrogens is 198 g/mol. The van der Waals surface area contributed by atoms with Crippen LogP contribution in [0.2, 0.25) is 0 Å². The fraction of sp³-hybridized carbons (Fsp3) is 0.500. The molecule has 0 fully saturated rings. The van der Waals surface area contributed by atoms with Gasteiger partial charge in [0, 0.05) is 0 Å². The van der Waals surface area contributed by atoms with Crippen molar-refractivity contribution in [1.82, 2.24) is 0 Å². The second-order valence-electron chi connectivity index (χ2n) is 5.04. The Hall–Kier alpha value is -1.31. The first kappa shape index (κ1) is 11.2. The van der Waals surface area contributed by atoms with Crippen LogP contribution in [0.5, 0.6) is 0 Å². The number of rotatable bonds is 2. The Bertz CT molecular complexity index is 386. The number of allylic oxidation sites excluding steroid dienone is 4. The molecule has 0 amide bonds. The minimum Gasteiger partial charge on any atom is -0.488 e. The van der Waals surface area contributed by atoms with Crippen LogP contribution in [0.25, 0.3) is 0 Å². The minimum atomic E-state index is -0.0296. The quantitative estimate of drug-likeness (QED) is 0.649. The van der Waals surface area contributed by atoms with E-state index in [9.17, 15) is 0 Å². The Morgan fingerprint density at radius 2 is 2.31 bits per heavy atom. The summed E-state index contributed by atoms with van der Waals surface area (Å²) in [4.78, 5) is 3.95. The topological polar surface area (TPSA) is 21.6 Å². The van der Waals surface area contributed by atoms with Crippen LogP contribution in [0.3, 0.4) is 0 Å². The molecule has 0 spiro atoms. The Kier molecular flexibility index (Phi) is 2.99. The van der Waals surface area contributed by atoms with E-state index >= 15 is 0 Å². The SMILES string of the molecule is C=NCC1=CC2=C(C=CC1)OC(C)(C)CC2. The molecular formula is C14H19NO.